The van der Waals surface area contributed by atoms with Crippen LogP contribution < -0.4 is 5.32 Å². The van der Waals surface area contributed by atoms with E-state index in [9.17, 15) is 9.18 Å². The number of aromatic nitrogens is 2. The highest BCUT2D eigenvalue weighted by Crippen LogP contribution is 2.48. The number of benzene rings is 1. The molecule has 1 saturated heterocycles. The Labute approximate surface area is 147 Å². The minimum Gasteiger partial charge on any atom is -0.311 e. The molecule has 4 rings (SSSR count). The van der Waals surface area contributed by atoms with E-state index in [1.54, 1.807) is 29.3 Å². The first-order chi connectivity index (χ1) is 11.6. The third-order valence-electron chi connectivity index (χ3n) is 4.57. The van der Waals surface area contributed by atoms with Crippen LogP contribution in [0.4, 0.5) is 14.9 Å². The lowest BCUT2D eigenvalue weighted by atomic mass is 9.98. The van der Waals surface area contributed by atoms with Gasteiger partial charge in [0.2, 0.25) is 0 Å². The summed E-state index contributed by atoms with van der Waals surface area (Å²) >= 11 is 11.8. The van der Waals surface area contributed by atoms with Crippen LogP contribution in [-0.2, 0) is 0 Å². The summed E-state index contributed by atoms with van der Waals surface area (Å²) in [7, 11) is 0. The molecule has 0 aliphatic carbocycles. The molecule has 3 atom stereocenters. The average Bonchev–Trinajstić information content (AvgIpc) is 2.96. The predicted molar refractivity (Wildman–Crippen MR) is 89.0 cm³/mol. The van der Waals surface area contributed by atoms with Gasteiger partial charge in [-0.15, -0.1) is 0 Å². The van der Waals surface area contributed by atoms with Gasteiger partial charge in [0.05, 0.1) is 27.8 Å². The predicted octanol–water partition coefficient (Wildman–Crippen LogP) is 4.55. The number of amides is 2. The lowest BCUT2D eigenvalue weighted by Gasteiger charge is -2.37. The van der Waals surface area contributed by atoms with Gasteiger partial charge in [0.15, 0.2) is 6.17 Å². The van der Waals surface area contributed by atoms with Gasteiger partial charge in [-0.25, -0.2) is 19.2 Å². The molecule has 1 N–H and O–H groups in total. The van der Waals surface area contributed by atoms with Crippen molar-refractivity contribution in [3.05, 3.63) is 52.0 Å². The Bertz CT molecular complexity index is 818. The average molecular weight is 367 g/mol. The Balaban J connectivity index is 1.63. The molecule has 1 aromatic heterocycles. The van der Waals surface area contributed by atoms with E-state index in [-0.39, 0.29) is 12.1 Å². The highest BCUT2D eigenvalue weighted by molar-refractivity contribution is 6.42. The van der Waals surface area contributed by atoms with Gasteiger partial charge in [-0.1, -0.05) is 23.2 Å². The van der Waals surface area contributed by atoms with Crippen molar-refractivity contribution in [3.63, 3.8) is 0 Å². The highest BCUT2D eigenvalue weighted by Gasteiger charge is 2.49. The van der Waals surface area contributed by atoms with Crippen molar-refractivity contribution in [2.75, 3.05) is 5.32 Å². The van der Waals surface area contributed by atoms with E-state index < -0.39 is 12.2 Å². The maximum atomic E-state index is 14.8. The first kappa shape index (κ1) is 15.6. The highest BCUT2D eigenvalue weighted by atomic mass is 35.5. The van der Waals surface area contributed by atoms with Crippen LogP contribution in [0.25, 0.3) is 0 Å². The van der Waals surface area contributed by atoms with Crippen LogP contribution in [0.2, 0.25) is 10.0 Å². The number of hydrogen-bond donors (Lipinski definition) is 1. The number of rotatable bonds is 1. The lowest BCUT2D eigenvalue weighted by molar-refractivity contribution is 0.121. The van der Waals surface area contributed by atoms with Crippen LogP contribution in [-0.4, -0.2) is 26.9 Å². The second-order valence-electron chi connectivity index (χ2n) is 5.89. The minimum atomic E-state index is -1.30. The number of hydrogen-bond acceptors (Lipinski definition) is 3. The van der Waals surface area contributed by atoms with E-state index in [4.69, 9.17) is 23.2 Å². The summed E-state index contributed by atoms with van der Waals surface area (Å²) in [6, 6.07) is 3.74. The Morgan fingerprint density at radius 1 is 1.29 bits per heavy atom. The van der Waals surface area contributed by atoms with Gasteiger partial charge in [-0.05, 0) is 31.0 Å². The maximum Gasteiger partial charge on any atom is 0.322 e. The molecule has 1 aromatic carbocycles. The van der Waals surface area contributed by atoms with Crippen LogP contribution in [0, 0.1) is 0 Å². The zero-order valence-electron chi connectivity index (χ0n) is 12.4. The largest absolute Gasteiger partial charge is 0.322 e. The molecule has 0 spiro atoms. The number of nitrogens with zero attached hydrogens (tertiary/aromatic N) is 3. The summed E-state index contributed by atoms with van der Waals surface area (Å²) < 4.78 is 14.8. The monoisotopic (exact) mass is 366 g/mol. The zero-order chi connectivity index (χ0) is 16.8. The fourth-order valence-electron chi connectivity index (χ4n) is 3.50. The van der Waals surface area contributed by atoms with E-state index in [1.165, 1.54) is 6.33 Å². The van der Waals surface area contributed by atoms with E-state index >= 15 is 0 Å². The van der Waals surface area contributed by atoms with Crippen molar-refractivity contribution in [3.8, 4) is 0 Å². The van der Waals surface area contributed by atoms with Crippen LogP contribution in [0.1, 0.15) is 36.3 Å². The second-order valence-corrected chi connectivity index (χ2v) is 6.71. The van der Waals surface area contributed by atoms with Crippen molar-refractivity contribution in [1.82, 2.24) is 14.9 Å². The third-order valence-corrected chi connectivity index (χ3v) is 5.30. The maximum absolute atomic E-state index is 14.8. The molecular weight excluding hydrogens is 354 g/mol. The third kappa shape index (κ3) is 2.41. The SMILES string of the molecule is O=C(Nc1ccc(Cl)c(Cl)c1)N1[C@@H]2CC[C@H]1[C@H](F)c1ncncc12. The molecule has 2 aliphatic heterocycles. The quantitative estimate of drug-likeness (QED) is 0.805. The molecular formula is C16H13Cl2FN4O. The number of carbonyl (C=O) groups is 1. The van der Waals surface area contributed by atoms with Crippen molar-refractivity contribution in [2.24, 2.45) is 0 Å². The fraction of sp³-hybridized carbons (Fsp3) is 0.312. The zero-order valence-corrected chi connectivity index (χ0v) is 13.9. The summed E-state index contributed by atoms with van der Waals surface area (Å²) in [5.41, 5.74) is 1.60. The van der Waals surface area contributed by atoms with Gasteiger partial charge in [0.25, 0.3) is 0 Å². The molecule has 2 bridgehead atoms. The fourth-order valence-corrected chi connectivity index (χ4v) is 3.80. The number of alkyl halides is 1. The molecule has 2 aliphatic rings. The molecule has 0 unspecified atom stereocenters. The first-order valence-corrected chi connectivity index (χ1v) is 8.30. The summed E-state index contributed by atoms with van der Waals surface area (Å²) in [4.78, 5) is 22.3. The first-order valence-electron chi connectivity index (χ1n) is 7.54. The Hall–Kier alpha value is -1.92. The summed E-state index contributed by atoms with van der Waals surface area (Å²) in [6.07, 6.45) is 2.93. The second kappa shape index (κ2) is 5.86. The molecule has 124 valence electrons. The Morgan fingerprint density at radius 3 is 2.92 bits per heavy atom. The van der Waals surface area contributed by atoms with Gasteiger partial charge in [-0.2, -0.15) is 0 Å². The number of anilines is 1. The van der Waals surface area contributed by atoms with Crippen LogP contribution >= 0.6 is 23.2 Å². The molecule has 0 radical (unpaired) electrons. The van der Waals surface area contributed by atoms with E-state index in [1.807, 2.05) is 0 Å². The van der Waals surface area contributed by atoms with Gasteiger partial charge in [0.1, 0.15) is 6.33 Å². The van der Waals surface area contributed by atoms with Crippen molar-refractivity contribution in [2.45, 2.75) is 31.1 Å². The minimum absolute atomic E-state index is 0.207. The number of carbonyl (C=O) groups excluding carboxylic acids is 1. The van der Waals surface area contributed by atoms with Crippen LogP contribution in [0.3, 0.4) is 0 Å². The molecule has 5 nitrogen and oxygen atoms in total. The van der Waals surface area contributed by atoms with Gasteiger partial charge in [0, 0.05) is 17.4 Å². The van der Waals surface area contributed by atoms with E-state index in [2.05, 4.69) is 15.3 Å². The number of fused-ring (bicyclic) bond motifs is 4. The smallest absolute Gasteiger partial charge is 0.311 e. The molecule has 24 heavy (non-hydrogen) atoms. The summed E-state index contributed by atoms with van der Waals surface area (Å²) in [6.45, 7) is 0. The van der Waals surface area contributed by atoms with Crippen molar-refractivity contribution < 1.29 is 9.18 Å². The summed E-state index contributed by atoms with van der Waals surface area (Å²) in [5.74, 6) is 0. The number of urea groups is 1. The molecule has 2 aromatic rings. The normalized spacial score (nSPS) is 24.6. The van der Waals surface area contributed by atoms with E-state index in [0.29, 0.717) is 39.8 Å². The van der Waals surface area contributed by atoms with E-state index in [0.717, 1.165) is 0 Å². The van der Waals surface area contributed by atoms with Gasteiger partial charge >= 0.3 is 6.03 Å². The van der Waals surface area contributed by atoms with Gasteiger partial charge in [-0.3, -0.25) is 0 Å². The van der Waals surface area contributed by atoms with Crippen molar-refractivity contribution >= 4 is 34.9 Å². The number of nitrogens with one attached hydrogen (secondary N) is 1. The van der Waals surface area contributed by atoms with Gasteiger partial charge < -0.3 is 10.2 Å². The van der Waals surface area contributed by atoms with Crippen LogP contribution in [0.5, 0.6) is 0 Å². The molecule has 0 saturated carbocycles. The molecule has 3 heterocycles. The Morgan fingerprint density at radius 2 is 2.12 bits per heavy atom. The molecule has 1 fully saturated rings. The topological polar surface area (TPSA) is 58.1 Å². The summed E-state index contributed by atoms with van der Waals surface area (Å²) in [5, 5.41) is 3.52. The standard InChI is InChI=1S/C16H13Cl2FN4O/c17-10-2-1-8(5-11(10)18)22-16(24)23-12-3-4-13(23)14(19)15-9(12)6-20-7-21-15/h1-2,5-7,12-14H,3-4H2,(H,22,24)/t12-,13+,14+/m1/s1. The van der Waals surface area contributed by atoms with Crippen molar-refractivity contribution in [1.29, 1.82) is 0 Å². The lowest BCUT2D eigenvalue weighted by Crippen LogP contribution is -2.45. The number of halogens is 3. The molecule has 2 amide bonds. The molecule has 8 heteroatoms. The Kier molecular flexibility index (Phi) is 3.81. The van der Waals surface area contributed by atoms with Crippen LogP contribution in [0.15, 0.2) is 30.7 Å².